The maximum absolute atomic E-state index is 12.3. The zero-order chi connectivity index (χ0) is 14.5. The fourth-order valence-electron chi connectivity index (χ4n) is 2.13. The Bertz CT molecular complexity index is 737. The summed E-state index contributed by atoms with van der Waals surface area (Å²) < 4.78 is 36.1. The molecule has 0 saturated carbocycles. The van der Waals surface area contributed by atoms with Gasteiger partial charge in [0.1, 0.15) is 18.9 Å². The second-order valence-electron chi connectivity index (χ2n) is 4.34. The minimum Gasteiger partial charge on any atom is -0.486 e. The van der Waals surface area contributed by atoms with Crippen molar-refractivity contribution in [2.75, 3.05) is 20.3 Å². The molecule has 1 aromatic rings. The fraction of sp³-hybridized carbons (Fsp3) is 0.250. The van der Waals surface area contributed by atoms with Crippen molar-refractivity contribution >= 4 is 22.1 Å². The van der Waals surface area contributed by atoms with Crippen LogP contribution in [0.1, 0.15) is 5.56 Å². The molecule has 7 nitrogen and oxygen atoms in total. The molecule has 106 valence electrons. The summed E-state index contributed by atoms with van der Waals surface area (Å²) in [6, 6.07) is 2.85. The van der Waals surface area contributed by atoms with Gasteiger partial charge in [-0.15, -0.1) is 0 Å². The predicted molar refractivity (Wildman–Crippen MR) is 68.0 cm³/mol. The van der Waals surface area contributed by atoms with Crippen molar-refractivity contribution < 1.29 is 27.8 Å². The number of carboxylic acids is 1. The number of rotatable bonds is 1. The van der Waals surface area contributed by atoms with E-state index in [0.29, 0.717) is 24.7 Å². The molecule has 0 unspecified atom stereocenters. The highest BCUT2D eigenvalue weighted by atomic mass is 32.2. The van der Waals surface area contributed by atoms with Crippen molar-refractivity contribution in [2.24, 2.45) is 0 Å². The van der Waals surface area contributed by atoms with Crippen molar-refractivity contribution in [1.29, 1.82) is 0 Å². The number of fused-ring (bicyclic) bond motifs is 2. The minimum atomic E-state index is -3.90. The molecule has 0 amide bonds. The number of likely N-dealkylation sites (N-methyl/N-ethyl adjacent to an activating group) is 1. The summed E-state index contributed by atoms with van der Waals surface area (Å²) in [6.07, 6.45) is 1.30. The molecule has 0 spiro atoms. The van der Waals surface area contributed by atoms with Crippen LogP contribution in [0.15, 0.2) is 22.7 Å². The normalized spacial score (nSPS) is 19.1. The Balaban J connectivity index is 2.27. The summed E-state index contributed by atoms with van der Waals surface area (Å²) in [6.45, 7) is 0.714. The standard InChI is InChI=1S/C12H11NO6S/c1-13-8(12(14)15)4-7-5-9-10(19-3-2-18-9)6-11(7)20(13,16)17/h4-6H,2-3H2,1H3,(H,14,15). The van der Waals surface area contributed by atoms with E-state index in [4.69, 9.17) is 14.6 Å². The van der Waals surface area contributed by atoms with Crippen molar-refractivity contribution in [3.63, 3.8) is 0 Å². The first-order valence-electron chi connectivity index (χ1n) is 5.79. The number of ether oxygens (including phenoxy) is 2. The molecule has 2 heterocycles. The molecule has 3 rings (SSSR count). The van der Waals surface area contributed by atoms with Crippen molar-refractivity contribution in [3.05, 3.63) is 23.4 Å². The van der Waals surface area contributed by atoms with Gasteiger partial charge in [-0.05, 0) is 12.1 Å². The first-order valence-corrected chi connectivity index (χ1v) is 7.23. The monoisotopic (exact) mass is 297 g/mol. The van der Waals surface area contributed by atoms with E-state index in [-0.39, 0.29) is 16.2 Å². The Hall–Kier alpha value is -2.22. The van der Waals surface area contributed by atoms with Crippen LogP contribution in [0.5, 0.6) is 11.5 Å². The lowest BCUT2D eigenvalue weighted by molar-refractivity contribution is -0.133. The van der Waals surface area contributed by atoms with E-state index in [1.54, 1.807) is 0 Å². The van der Waals surface area contributed by atoms with Gasteiger partial charge in [-0.3, -0.25) is 4.31 Å². The summed E-state index contributed by atoms with van der Waals surface area (Å²) in [5.74, 6) is -0.550. The van der Waals surface area contributed by atoms with Gasteiger partial charge in [0.05, 0.1) is 4.90 Å². The summed E-state index contributed by atoms with van der Waals surface area (Å²) >= 11 is 0. The molecule has 0 aromatic heterocycles. The van der Waals surface area contributed by atoms with Crippen LogP contribution in [0.4, 0.5) is 0 Å². The quantitative estimate of drug-likeness (QED) is 0.812. The second kappa shape index (κ2) is 4.14. The first-order chi connectivity index (χ1) is 9.41. The molecule has 1 aromatic carbocycles. The Labute approximate surface area is 115 Å². The number of aliphatic carboxylic acids is 1. The topological polar surface area (TPSA) is 93.1 Å². The smallest absolute Gasteiger partial charge is 0.353 e. The van der Waals surface area contributed by atoms with Gasteiger partial charge in [-0.25, -0.2) is 13.2 Å². The van der Waals surface area contributed by atoms with Crippen LogP contribution in [0.2, 0.25) is 0 Å². The van der Waals surface area contributed by atoms with E-state index in [0.717, 1.165) is 4.31 Å². The van der Waals surface area contributed by atoms with Gasteiger partial charge in [0.25, 0.3) is 10.0 Å². The lowest BCUT2D eigenvalue weighted by atomic mass is 10.1. The van der Waals surface area contributed by atoms with E-state index >= 15 is 0 Å². The predicted octanol–water partition coefficient (Wildman–Crippen LogP) is 0.517. The summed E-state index contributed by atoms with van der Waals surface area (Å²) in [5.41, 5.74) is -0.0288. The molecular weight excluding hydrogens is 286 g/mol. The van der Waals surface area contributed by atoms with Crippen LogP contribution < -0.4 is 9.47 Å². The highest BCUT2D eigenvalue weighted by Gasteiger charge is 2.34. The summed E-state index contributed by atoms with van der Waals surface area (Å²) in [5, 5.41) is 9.07. The summed E-state index contributed by atoms with van der Waals surface area (Å²) in [4.78, 5) is 11.1. The highest BCUT2D eigenvalue weighted by molar-refractivity contribution is 7.89. The number of benzene rings is 1. The zero-order valence-corrected chi connectivity index (χ0v) is 11.3. The second-order valence-corrected chi connectivity index (χ2v) is 6.28. The van der Waals surface area contributed by atoms with E-state index in [2.05, 4.69) is 0 Å². The van der Waals surface area contributed by atoms with Crippen LogP contribution >= 0.6 is 0 Å². The van der Waals surface area contributed by atoms with Gasteiger partial charge in [-0.2, -0.15) is 0 Å². The molecule has 0 fully saturated rings. The van der Waals surface area contributed by atoms with E-state index < -0.39 is 16.0 Å². The molecule has 20 heavy (non-hydrogen) atoms. The van der Waals surface area contributed by atoms with Crippen LogP contribution in [0, 0.1) is 0 Å². The Kier molecular flexibility index (Phi) is 2.65. The van der Waals surface area contributed by atoms with E-state index in [1.807, 2.05) is 0 Å². The number of carbonyl (C=O) groups is 1. The third-order valence-electron chi connectivity index (χ3n) is 3.16. The number of carboxylic acid groups (broad SMARTS) is 1. The van der Waals surface area contributed by atoms with Crippen LogP contribution in [0.3, 0.4) is 0 Å². The number of nitrogens with zero attached hydrogens (tertiary/aromatic N) is 1. The van der Waals surface area contributed by atoms with E-state index in [1.165, 1.54) is 25.3 Å². The Morgan fingerprint density at radius 3 is 2.45 bits per heavy atom. The van der Waals surface area contributed by atoms with Gasteiger partial charge in [0.15, 0.2) is 11.5 Å². The number of hydrogen-bond acceptors (Lipinski definition) is 5. The molecule has 0 atom stereocenters. The lowest BCUT2D eigenvalue weighted by Crippen LogP contribution is -2.33. The molecule has 0 bridgehead atoms. The number of sulfonamides is 1. The van der Waals surface area contributed by atoms with Gasteiger partial charge in [-0.1, -0.05) is 0 Å². The average molecular weight is 297 g/mol. The molecule has 8 heteroatoms. The molecule has 1 N–H and O–H groups in total. The Morgan fingerprint density at radius 2 is 1.85 bits per heavy atom. The summed E-state index contributed by atoms with van der Waals surface area (Å²) in [7, 11) is -2.70. The molecule has 0 saturated heterocycles. The third kappa shape index (κ3) is 1.72. The largest absolute Gasteiger partial charge is 0.486 e. The molecule has 2 aliphatic rings. The van der Waals surface area contributed by atoms with Crippen molar-refractivity contribution in [3.8, 4) is 11.5 Å². The molecular formula is C12H11NO6S. The van der Waals surface area contributed by atoms with Gasteiger partial charge >= 0.3 is 5.97 Å². The van der Waals surface area contributed by atoms with Gasteiger partial charge < -0.3 is 14.6 Å². The van der Waals surface area contributed by atoms with Gasteiger partial charge in [0.2, 0.25) is 0 Å². The van der Waals surface area contributed by atoms with Crippen LogP contribution in [0.25, 0.3) is 6.08 Å². The van der Waals surface area contributed by atoms with Crippen LogP contribution in [-0.4, -0.2) is 44.1 Å². The zero-order valence-electron chi connectivity index (χ0n) is 10.5. The minimum absolute atomic E-state index is 0.00856. The third-order valence-corrected chi connectivity index (χ3v) is 4.99. The Morgan fingerprint density at radius 1 is 1.25 bits per heavy atom. The molecule has 0 radical (unpaired) electrons. The van der Waals surface area contributed by atoms with Gasteiger partial charge in [0, 0.05) is 18.7 Å². The average Bonchev–Trinajstić information content (AvgIpc) is 2.41. The fourth-order valence-corrected chi connectivity index (χ4v) is 3.49. The number of hydrogen-bond donors (Lipinski definition) is 1. The van der Waals surface area contributed by atoms with Crippen molar-refractivity contribution in [2.45, 2.75) is 4.90 Å². The van der Waals surface area contributed by atoms with E-state index in [9.17, 15) is 13.2 Å². The van der Waals surface area contributed by atoms with Crippen molar-refractivity contribution in [1.82, 2.24) is 4.31 Å². The SMILES string of the molecule is CN1C(C(=O)O)=Cc2cc3c(cc2S1(=O)=O)OCCO3. The maximum atomic E-state index is 12.3. The molecule has 2 aliphatic heterocycles. The molecule has 0 aliphatic carbocycles. The first kappa shape index (κ1) is 12.8. The van der Waals surface area contributed by atoms with Crippen LogP contribution in [-0.2, 0) is 14.8 Å². The lowest BCUT2D eigenvalue weighted by Gasteiger charge is -2.27. The highest BCUT2D eigenvalue weighted by Crippen LogP contribution is 2.39. The maximum Gasteiger partial charge on any atom is 0.353 e.